The molecule has 1 aromatic rings. The molecule has 0 saturated heterocycles. The highest BCUT2D eigenvalue weighted by molar-refractivity contribution is 6.18. The van der Waals surface area contributed by atoms with Gasteiger partial charge in [0.25, 0.3) is 5.91 Å². The molecular formula is C13H19ClN2O. The molecule has 0 unspecified atom stereocenters. The van der Waals surface area contributed by atoms with Crippen LogP contribution in [0.1, 0.15) is 42.7 Å². The number of carbonyl (C=O) groups excluding carboxylic acids is 1. The normalized spacial score (nSPS) is 11.3. The summed E-state index contributed by atoms with van der Waals surface area (Å²) in [6.07, 6.45) is 3.29. The van der Waals surface area contributed by atoms with Crippen LogP contribution in [-0.4, -0.2) is 22.3 Å². The lowest BCUT2D eigenvalue weighted by Crippen LogP contribution is -2.49. The highest BCUT2D eigenvalue weighted by Gasteiger charge is 2.27. The fourth-order valence-electron chi connectivity index (χ4n) is 1.65. The van der Waals surface area contributed by atoms with Gasteiger partial charge in [0.15, 0.2) is 0 Å². The standard InChI is InChI=1S/C13H19ClN2O/c1-4-13(5-2,9-14)16-12(17)11-6-7-15-10(3)8-11/h6-8H,4-5,9H2,1-3H3,(H,16,17). The van der Waals surface area contributed by atoms with Crippen LogP contribution >= 0.6 is 11.6 Å². The molecule has 0 atom stereocenters. The first kappa shape index (κ1) is 14.0. The topological polar surface area (TPSA) is 42.0 Å². The van der Waals surface area contributed by atoms with Crippen molar-refractivity contribution in [2.24, 2.45) is 0 Å². The van der Waals surface area contributed by atoms with Crippen molar-refractivity contribution < 1.29 is 4.79 Å². The minimum Gasteiger partial charge on any atom is -0.345 e. The summed E-state index contributed by atoms with van der Waals surface area (Å²) in [6, 6.07) is 3.49. The van der Waals surface area contributed by atoms with Crippen LogP contribution in [0.4, 0.5) is 0 Å². The highest BCUT2D eigenvalue weighted by atomic mass is 35.5. The van der Waals surface area contributed by atoms with E-state index in [4.69, 9.17) is 11.6 Å². The maximum Gasteiger partial charge on any atom is 0.251 e. The monoisotopic (exact) mass is 254 g/mol. The molecule has 3 nitrogen and oxygen atoms in total. The number of alkyl halides is 1. The Morgan fingerprint density at radius 3 is 2.59 bits per heavy atom. The number of amides is 1. The Bertz CT molecular complexity index is 380. The lowest BCUT2D eigenvalue weighted by Gasteiger charge is -2.30. The number of nitrogens with one attached hydrogen (secondary N) is 1. The molecule has 0 aliphatic rings. The maximum atomic E-state index is 12.1. The first-order chi connectivity index (χ1) is 8.06. The fraction of sp³-hybridized carbons (Fsp3) is 0.538. The summed E-state index contributed by atoms with van der Waals surface area (Å²) in [5.41, 5.74) is 1.16. The summed E-state index contributed by atoms with van der Waals surface area (Å²) in [5.74, 6) is 0.343. The predicted molar refractivity (Wildman–Crippen MR) is 70.5 cm³/mol. The fourth-order valence-corrected chi connectivity index (χ4v) is 2.09. The van der Waals surface area contributed by atoms with Gasteiger partial charge in [-0.15, -0.1) is 11.6 Å². The zero-order valence-electron chi connectivity index (χ0n) is 10.6. The molecule has 17 heavy (non-hydrogen) atoms. The third kappa shape index (κ3) is 3.43. The Morgan fingerprint density at radius 1 is 1.47 bits per heavy atom. The van der Waals surface area contributed by atoms with E-state index >= 15 is 0 Å². The second kappa shape index (κ2) is 6.01. The van der Waals surface area contributed by atoms with E-state index in [0.29, 0.717) is 11.4 Å². The lowest BCUT2D eigenvalue weighted by molar-refractivity contribution is 0.0902. The number of aryl methyl sites for hydroxylation is 1. The average molecular weight is 255 g/mol. The number of nitrogens with zero attached hydrogens (tertiary/aromatic N) is 1. The van der Waals surface area contributed by atoms with Gasteiger partial charge in [-0.25, -0.2) is 0 Å². The molecule has 1 rings (SSSR count). The van der Waals surface area contributed by atoms with Crippen molar-refractivity contribution >= 4 is 17.5 Å². The Labute approximate surface area is 108 Å². The largest absolute Gasteiger partial charge is 0.345 e. The van der Waals surface area contributed by atoms with Crippen LogP contribution in [0.5, 0.6) is 0 Å². The maximum absolute atomic E-state index is 12.1. The second-order valence-corrected chi connectivity index (χ2v) is 4.53. The van der Waals surface area contributed by atoms with Crippen molar-refractivity contribution in [3.8, 4) is 0 Å². The molecule has 0 fully saturated rings. The molecule has 1 heterocycles. The smallest absolute Gasteiger partial charge is 0.251 e. The van der Waals surface area contributed by atoms with Crippen LogP contribution in [0.3, 0.4) is 0 Å². The Balaban J connectivity index is 2.84. The molecule has 0 saturated carbocycles. The minimum absolute atomic E-state index is 0.0835. The van der Waals surface area contributed by atoms with E-state index in [1.54, 1.807) is 18.3 Å². The first-order valence-corrected chi connectivity index (χ1v) is 6.41. The lowest BCUT2D eigenvalue weighted by atomic mass is 9.94. The number of hydrogen-bond acceptors (Lipinski definition) is 2. The van der Waals surface area contributed by atoms with E-state index in [-0.39, 0.29) is 11.4 Å². The first-order valence-electron chi connectivity index (χ1n) is 5.88. The molecule has 0 aromatic carbocycles. The number of hydrogen-bond donors (Lipinski definition) is 1. The van der Waals surface area contributed by atoms with E-state index in [1.807, 2.05) is 20.8 Å². The molecule has 94 valence electrons. The second-order valence-electron chi connectivity index (χ2n) is 4.26. The van der Waals surface area contributed by atoms with Crippen LogP contribution < -0.4 is 5.32 Å². The molecule has 4 heteroatoms. The molecule has 1 N–H and O–H groups in total. The minimum atomic E-state index is -0.310. The van der Waals surface area contributed by atoms with Gasteiger partial charge < -0.3 is 5.32 Å². The van der Waals surface area contributed by atoms with Crippen LogP contribution in [0, 0.1) is 6.92 Å². The SMILES string of the molecule is CCC(CC)(CCl)NC(=O)c1ccnc(C)c1. The molecular weight excluding hydrogens is 236 g/mol. The molecule has 0 aliphatic carbocycles. The van der Waals surface area contributed by atoms with Gasteiger partial charge in [-0.05, 0) is 31.9 Å². The number of rotatable bonds is 5. The van der Waals surface area contributed by atoms with Crippen molar-refractivity contribution in [1.29, 1.82) is 0 Å². The van der Waals surface area contributed by atoms with Crippen molar-refractivity contribution in [2.75, 3.05) is 5.88 Å². The number of halogens is 1. The summed E-state index contributed by atoms with van der Waals surface area (Å²) in [7, 11) is 0. The highest BCUT2D eigenvalue weighted by Crippen LogP contribution is 2.18. The van der Waals surface area contributed by atoms with E-state index in [2.05, 4.69) is 10.3 Å². The van der Waals surface area contributed by atoms with E-state index < -0.39 is 0 Å². The van der Waals surface area contributed by atoms with Gasteiger partial charge in [-0.1, -0.05) is 13.8 Å². The zero-order valence-corrected chi connectivity index (χ0v) is 11.3. The van der Waals surface area contributed by atoms with Gasteiger partial charge in [-0.3, -0.25) is 9.78 Å². The van der Waals surface area contributed by atoms with Crippen molar-refractivity contribution in [3.05, 3.63) is 29.6 Å². The van der Waals surface area contributed by atoms with Crippen molar-refractivity contribution in [1.82, 2.24) is 10.3 Å². The molecule has 0 radical (unpaired) electrons. The van der Waals surface area contributed by atoms with Gasteiger partial charge in [0.2, 0.25) is 0 Å². The summed E-state index contributed by atoms with van der Waals surface area (Å²) in [6.45, 7) is 5.93. The van der Waals surface area contributed by atoms with Gasteiger partial charge in [0, 0.05) is 23.3 Å². The van der Waals surface area contributed by atoms with Gasteiger partial charge in [-0.2, -0.15) is 0 Å². The molecule has 0 bridgehead atoms. The molecule has 1 amide bonds. The van der Waals surface area contributed by atoms with Gasteiger partial charge in [0.1, 0.15) is 0 Å². The third-order valence-electron chi connectivity index (χ3n) is 3.15. The zero-order chi connectivity index (χ0) is 12.9. The van der Waals surface area contributed by atoms with E-state index in [1.165, 1.54) is 0 Å². The summed E-state index contributed by atoms with van der Waals surface area (Å²) in [5, 5.41) is 3.02. The Morgan fingerprint density at radius 2 is 2.12 bits per heavy atom. The van der Waals surface area contributed by atoms with Crippen LogP contribution in [0.2, 0.25) is 0 Å². The summed E-state index contributed by atoms with van der Waals surface area (Å²) >= 11 is 5.96. The number of pyridine rings is 1. The van der Waals surface area contributed by atoms with Gasteiger partial charge in [0.05, 0.1) is 5.54 Å². The van der Waals surface area contributed by atoms with Crippen LogP contribution in [0.15, 0.2) is 18.3 Å². The van der Waals surface area contributed by atoms with Crippen molar-refractivity contribution in [2.45, 2.75) is 39.2 Å². The summed E-state index contributed by atoms with van der Waals surface area (Å²) < 4.78 is 0. The molecule has 1 aromatic heterocycles. The number of aromatic nitrogens is 1. The number of carbonyl (C=O) groups is 1. The van der Waals surface area contributed by atoms with Gasteiger partial charge >= 0.3 is 0 Å². The van der Waals surface area contributed by atoms with E-state index in [0.717, 1.165) is 18.5 Å². The van der Waals surface area contributed by atoms with Crippen LogP contribution in [-0.2, 0) is 0 Å². The molecule has 0 spiro atoms. The summed E-state index contributed by atoms with van der Waals surface area (Å²) in [4.78, 5) is 16.2. The van der Waals surface area contributed by atoms with Crippen LogP contribution in [0.25, 0.3) is 0 Å². The van der Waals surface area contributed by atoms with Crippen molar-refractivity contribution in [3.63, 3.8) is 0 Å². The van der Waals surface area contributed by atoms with E-state index in [9.17, 15) is 4.79 Å². The average Bonchev–Trinajstić information content (AvgIpc) is 2.36. The quantitative estimate of drug-likeness (QED) is 0.821. The predicted octanol–water partition coefficient (Wildman–Crippen LogP) is 2.92. The Kier molecular flexibility index (Phi) is 4.94. The molecule has 0 aliphatic heterocycles. The Hall–Kier alpha value is -1.09. The third-order valence-corrected chi connectivity index (χ3v) is 3.66.